The number of halogens is 3. The molecule has 0 bridgehead atoms. The van der Waals surface area contributed by atoms with E-state index in [1.54, 1.807) is 6.92 Å². The standard InChI is InChI=1S/C6H11F3N2S/c1-3-11(5(12)10-2)4-6(7,8)9/h3-4H2,1-2H3,(H,10,12). The summed E-state index contributed by atoms with van der Waals surface area (Å²) >= 11 is 4.66. The van der Waals surface area contributed by atoms with Crippen molar-refractivity contribution in [2.45, 2.75) is 13.1 Å². The number of alkyl halides is 3. The van der Waals surface area contributed by atoms with E-state index in [1.807, 2.05) is 0 Å². The van der Waals surface area contributed by atoms with Gasteiger partial charge in [-0.15, -0.1) is 0 Å². The quantitative estimate of drug-likeness (QED) is 0.678. The highest BCUT2D eigenvalue weighted by Gasteiger charge is 2.30. The summed E-state index contributed by atoms with van der Waals surface area (Å²) in [6, 6.07) is 0. The molecule has 0 saturated heterocycles. The van der Waals surface area contributed by atoms with Crippen LogP contribution in [-0.2, 0) is 0 Å². The number of nitrogens with zero attached hydrogens (tertiary/aromatic N) is 1. The van der Waals surface area contributed by atoms with Gasteiger partial charge >= 0.3 is 6.18 Å². The Balaban J connectivity index is 4.09. The molecule has 0 aromatic carbocycles. The van der Waals surface area contributed by atoms with Gasteiger partial charge in [-0.25, -0.2) is 0 Å². The van der Waals surface area contributed by atoms with Crippen molar-refractivity contribution in [3.8, 4) is 0 Å². The molecule has 0 fully saturated rings. The minimum atomic E-state index is -4.20. The fourth-order valence-corrected chi connectivity index (χ4v) is 0.895. The van der Waals surface area contributed by atoms with Crippen molar-refractivity contribution in [3.63, 3.8) is 0 Å². The molecule has 0 heterocycles. The summed E-state index contributed by atoms with van der Waals surface area (Å²) < 4.78 is 35.6. The van der Waals surface area contributed by atoms with E-state index in [-0.39, 0.29) is 11.7 Å². The van der Waals surface area contributed by atoms with Crippen molar-refractivity contribution in [3.05, 3.63) is 0 Å². The van der Waals surface area contributed by atoms with Crippen LogP contribution in [0.3, 0.4) is 0 Å². The van der Waals surface area contributed by atoms with Crippen LogP contribution in [0.25, 0.3) is 0 Å². The van der Waals surface area contributed by atoms with Crippen molar-refractivity contribution in [1.82, 2.24) is 10.2 Å². The fraction of sp³-hybridized carbons (Fsp3) is 0.833. The van der Waals surface area contributed by atoms with E-state index in [4.69, 9.17) is 0 Å². The Labute approximate surface area is 74.7 Å². The van der Waals surface area contributed by atoms with Crippen LogP contribution >= 0.6 is 12.2 Å². The van der Waals surface area contributed by atoms with Crippen molar-refractivity contribution >= 4 is 17.3 Å². The first-order valence-corrected chi connectivity index (χ1v) is 3.85. The van der Waals surface area contributed by atoms with Gasteiger partial charge in [0.05, 0.1) is 0 Å². The highest BCUT2D eigenvalue weighted by atomic mass is 32.1. The Morgan fingerprint density at radius 1 is 1.50 bits per heavy atom. The molecular formula is C6H11F3N2S. The van der Waals surface area contributed by atoms with Crippen LogP contribution in [0.2, 0.25) is 0 Å². The largest absolute Gasteiger partial charge is 0.406 e. The predicted molar refractivity (Wildman–Crippen MR) is 45.0 cm³/mol. The molecule has 0 spiro atoms. The molecule has 0 saturated carbocycles. The summed E-state index contributed by atoms with van der Waals surface area (Å²) in [5.74, 6) is 0. The third-order valence-corrected chi connectivity index (χ3v) is 1.72. The van der Waals surface area contributed by atoms with Crippen LogP contribution in [0.1, 0.15) is 6.92 Å². The van der Waals surface area contributed by atoms with Crippen LogP contribution in [0, 0.1) is 0 Å². The van der Waals surface area contributed by atoms with Crippen LogP contribution < -0.4 is 5.32 Å². The van der Waals surface area contributed by atoms with Crippen LogP contribution in [-0.4, -0.2) is 36.3 Å². The van der Waals surface area contributed by atoms with Crippen molar-refractivity contribution in [2.75, 3.05) is 20.1 Å². The van der Waals surface area contributed by atoms with Gasteiger partial charge in [0.15, 0.2) is 5.11 Å². The van der Waals surface area contributed by atoms with Gasteiger partial charge < -0.3 is 10.2 Å². The van der Waals surface area contributed by atoms with Gasteiger partial charge in [0.1, 0.15) is 6.54 Å². The monoisotopic (exact) mass is 200 g/mol. The predicted octanol–water partition coefficient (Wildman–Crippen LogP) is 1.37. The molecular weight excluding hydrogens is 189 g/mol. The van der Waals surface area contributed by atoms with Gasteiger partial charge in [0.2, 0.25) is 0 Å². The molecule has 0 aliphatic heterocycles. The second-order valence-electron chi connectivity index (χ2n) is 2.18. The number of hydrogen-bond acceptors (Lipinski definition) is 1. The fourth-order valence-electron chi connectivity index (χ4n) is 0.702. The maximum Gasteiger partial charge on any atom is 0.406 e. The smallest absolute Gasteiger partial charge is 0.366 e. The van der Waals surface area contributed by atoms with Crippen molar-refractivity contribution < 1.29 is 13.2 Å². The zero-order valence-corrected chi connectivity index (χ0v) is 7.72. The molecule has 0 aromatic heterocycles. The topological polar surface area (TPSA) is 15.3 Å². The highest BCUT2D eigenvalue weighted by molar-refractivity contribution is 7.80. The summed E-state index contributed by atoms with van der Waals surface area (Å²) in [6.45, 7) is 0.873. The molecule has 0 atom stereocenters. The lowest BCUT2D eigenvalue weighted by Gasteiger charge is -2.24. The van der Waals surface area contributed by atoms with Crippen molar-refractivity contribution in [1.29, 1.82) is 0 Å². The lowest BCUT2D eigenvalue weighted by molar-refractivity contribution is -0.137. The maximum atomic E-state index is 11.9. The number of rotatable bonds is 2. The zero-order chi connectivity index (χ0) is 9.78. The average Bonchev–Trinajstić information content (AvgIpc) is 1.97. The van der Waals surface area contributed by atoms with Gasteiger partial charge in [-0.2, -0.15) is 13.2 Å². The maximum absolute atomic E-state index is 11.9. The third kappa shape index (κ3) is 4.38. The Bertz CT molecular complexity index is 157. The van der Waals surface area contributed by atoms with E-state index in [9.17, 15) is 13.2 Å². The first kappa shape index (κ1) is 11.5. The minimum Gasteiger partial charge on any atom is -0.366 e. The minimum absolute atomic E-state index is 0.120. The van der Waals surface area contributed by atoms with Crippen LogP contribution in [0.15, 0.2) is 0 Å². The Kier molecular flexibility index (Phi) is 4.30. The van der Waals surface area contributed by atoms with E-state index >= 15 is 0 Å². The second kappa shape index (κ2) is 4.49. The third-order valence-electron chi connectivity index (χ3n) is 1.25. The Morgan fingerprint density at radius 2 is 2.00 bits per heavy atom. The van der Waals surface area contributed by atoms with Gasteiger partial charge in [-0.3, -0.25) is 0 Å². The van der Waals surface area contributed by atoms with Crippen molar-refractivity contribution in [2.24, 2.45) is 0 Å². The molecule has 0 aliphatic carbocycles. The lowest BCUT2D eigenvalue weighted by atomic mass is 10.5. The molecule has 0 amide bonds. The van der Waals surface area contributed by atoms with E-state index in [0.717, 1.165) is 4.90 Å². The first-order chi connectivity index (χ1) is 5.40. The van der Waals surface area contributed by atoms with Gasteiger partial charge in [-0.1, -0.05) is 0 Å². The normalized spacial score (nSPS) is 11.1. The summed E-state index contributed by atoms with van der Waals surface area (Å²) in [6.07, 6.45) is -4.20. The summed E-state index contributed by atoms with van der Waals surface area (Å²) in [5, 5.41) is 2.62. The number of hydrogen-bond donors (Lipinski definition) is 1. The second-order valence-corrected chi connectivity index (χ2v) is 2.57. The Morgan fingerprint density at radius 3 is 2.25 bits per heavy atom. The van der Waals surface area contributed by atoms with Crippen LogP contribution in [0.5, 0.6) is 0 Å². The SMILES string of the molecule is CCN(CC(F)(F)F)C(=S)NC. The van der Waals surface area contributed by atoms with E-state index < -0.39 is 12.7 Å². The summed E-state index contributed by atoms with van der Waals surface area (Å²) in [7, 11) is 1.50. The van der Waals surface area contributed by atoms with E-state index in [0.29, 0.717) is 0 Å². The zero-order valence-electron chi connectivity index (χ0n) is 6.90. The number of nitrogens with one attached hydrogen (secondary N) is 1. The van der Waals surface area contributed by atoms with E-state index in [1.165, 1.54) is 7.05 Å². The molecule has 12 heavy (non-hydrogen) atoms. The molecule has 0 unspecified atom stereocenters. The molecule has 0 rings (SSSR count). The van der Waals surface area contributed by atoms with Gasteiger partial charge in [0, 0.05) is 13.6 Å². The van der Waals surface area contributed by atoms with Gasteiger partial charge in [0.25, 0.3) is 0 Å². The van der Waals surface area contributed by atoms with E-state index in [2.05, 4.69) is 17.5 Å². The molecule has 72 valence electrons. The summed E-state index contributed by atoms with van der Waals surface area (Å²) in [5.41, 5.74) is 0. The molecule has 1 N–H and O–H groups in total. The molecule has 2 nitrogen and oxygen atoms in total. The lowest BCUT2D eigenvalue weighted by Crippen LogP contribution is -2.43. The molecule has 0 aromatic rings. The molecule has 6 heteroatoms. The molecule has 0 radical (unpaired) electrons. The van der Waals surface area contributed by atoms with Crippen LogP contribution in [0.4, 0.5) is 13.2 Å². The molecule has 0 aliphatic rings. The highest BCUT2D eigenvalue weighted by Crippen LogP contribution is 2.16. The Hall–Kier alpha value is -0.520. The number of thiocarbonyl (C=S) groups is 1. The average molecular weight is 200 g/mol. The van der Waals surface area contributed by atoms with Gasteiger partial charge in [-0.05, 0) is 19.1 Å². The first-order valence-electron chi connectivity index (χ1n) is 3.44. The summed E-state index contributed by atoms with van der Waals surface area (Å²) in [4.78, 5) is 1.05.